The summed E-state index contributed by atoms with van der Waals surface area (Å²) in [6.07, 6.45) is 3.24. The summed E-state index contributed by atoms with van der Waals surface area (Å²) in [5.74, 6) is -0.921. The van der Waals surface area contributed by atoms with E-state index in [4.69, 9.17) is 9.47 Å². The van der Waals surface area contributed by atoms with Gasteiger partial charge in [0, 0.05) is 44.1 Å². The van der Waals surface area contributed by atoms with E-state index < -0.39 is 17.7 Å². The van der Waals surface area contributed by atoms with Crippen molar-refractivity contribution in [2.45, 2.75) is 13.0 Å². The number of hydrogen-bond acceptors (Lipinski definition) is 7. The number of pyridine rings is 1. The van der Waals surface area contributed by atoms with Crippen LogP contribution in [0.5, 0.6) is 5.75 Å². The zero-order valence-electron chi connectivity index (χ0n) is 18.1. The van der Waals surface area contributed by atoms with Gasteiger partial charge in [0.25, 0.3) is 11.7 Å². The van der Waals surface area contributed by atoms with Gasteiger partial charge in [0.05, 0.1) is 31.4 Å². The highest BCUT2D eigenvalue weighted by Crippen LogP contribution is 2.39. The molecule has 2 fully saturated rings. The van der Waals surface area contributed by atoms with Gasteiger partial charge in [-0.2, -0.15) is 0 Å². The summed E-state index contributed by atoms with van der Waals surface area (Å²) in [6.45, 7) is 6.22. The molecule has 0 radical (unpaired) electrons. The second kappa shape index (κ2) is 9.93. The molecule has 168 valence electrons. The average Bonchev–Trinajstić information content (AvgIpc) is 3.09. The summed E-state index contributed by atoms with van der Waals surface area (Å²) in [7, 11) is 0. The Morgan fingerprint density at radius 3 is 2.62 bits per heavy atom. The van der Waals surface area contributed by atoms with Crippen molar-refractivity contribution >= 4 is 17.4 Å². The van der Waals surface area contributed by atoms with Gasteiger partial charge in [0.2, 0.25) is 0 Å². The second-order valence-electron chi connectivity index (χ2n) is 7.69. The molecule has 1 N–H and O–H groups in total. The molecule has 1 amide bonds. The Balaban J connectivity index is 1.71. The van der Waals surface area contributed by atoms with Crippen LogP contribution in [0.25, 0.3) is 5.76 Å². The molecule has 3 heterocycles. The Hall–Kier alpha value is -3.23. The van der Waals surface area contributed by atoms with Gasteiger partial charge in [-0.05, 0) is 36.8 Å². The Bertz CT molecular complexity index is 1000. The topological polar surface area (TPSA) is 92.2 Å². The van der Waals surface area contributed by atoms with Crippen molar-refractivity contribution in [3.8, 4) is 5.75 Å². The predicted octanol–water partition coefficient (Wildman–Crippen LogP) is 2.23. The van der Waals surface area contributed by atoms with Crippen LogP contribution in [0.4, 0.5) is 0 Å². The first-order valence-electron chi connectivity index (χ1n) is 10.8. The summed E-state index contributed by atoms with van der Waals surface area (Å²) in [6, 6.07) is 9.74. The molecule has 0 saturated carbocycles. The Labute approximate surface area is 187 Å². The lowest BCUT2D eigenvalue weighted by molar-refractivity contribution is -0.140. The van der Waals surface area contributed by atoms with Gasteiger partial charge in [-0.1, -0.05) is 12.1 Å². The predicted molar refractivity (Wildman–Crippen MR) is 118 cm³/mol. The molecule has 8 nitrogen and oxygen atoms in total. The van der Waals surface area contributed by atoms with E-state index in [-0.39, 0.29) is 11.3 Å². The molecule has 2 saturated heterocycles. The number of aliphatic hydroxyl groups is 1. The molecule has 8 heteroatoms. The maximum Gasteiger partial charge on any atom is 0.295 e. The fourth-order valence-electron chi connectivity index (χ4n) is 4.13. The van der Waals surface area contributed by atoms with Crippen LogP contribution in [-0.2, 0) is 14.3 Å². The Morgan fingerprint density at radius 2 is 1.91 bits per heavy atom. The van der Waals surface area contributed by atoms with Crippen LogP contribution in [0.3, 0.4) is 0 Å². The van der Waals surface area contributed by atoms with Gasteiger partial charge >= 0.3 is 0 Å². The van der Waals surface area contributed by atoms with E-state index in [0.29, 0.717) is 44.2 Å². The van der Waals surface area contributed by atoms with E-state index in [1.54, 1.807) is 53.7 Å². The van der Waals surface area contributed by atoms with Crippen molar-refractivity contribution in [3.63, 3.8) is 0 Å². The van der Waals surface area contributed by atoms with Gasteiger partial charge in [0.15, 0.2) is 0 Å². The summed E-state index contributed by atoms with van der Waals surface area (Å²) >= 11 is 0. The number of aliphatic hydroxyl groups excluding tert-OH is 1. The van der Waals surface area contributed by atoms with Gasteiger partial charge in [-0.25, -0.2) is 0 Å². The molecular weight excluding hydrogens is 410 g/mol. The highest BCUT2D eigenvalue weighted by atomic mass is 16.5. The Morgan fingerprint density at radius 1 is 1.16 bits per heavy atom. The van der Waals surface area contributed by atoms with Gasteiger partial charge < -0.3 is 19.5 Å². The number of likely N-dealkylation sites (tertiary alicyclic amines) is 1. The van der Waals surface area contributed by atoms with Crippen LogP contribution >= 0.6 is 0 Å². The molecule has 0 aliphatic carbocycles. The smallest absolute Gasteiger partial charge is 0.295 e. The fourth-order valence-corrected chi connectivity index (χ4v) is 4.13. The van der Waals surface area contributed by atoms with Crippen molar-refractivity contribution in [2.24, 2.45) is 0 Å². The van der Waals surface area contributed by atoms with Crippen molar-refractivity contribution in [3.05, 3.63) is 65.5 Å². The quantitative estimate of drug-likeness (QED) is 0.403. The SMILES string of the molecule is CCOc1cccc(C(O)=C2C(=O)C(=O)N(CCN3CCOCC3)[C@H]2c2ccncc2)c1. The monoisotopic (exact) mass is 437 g/mol. The third kappa shape index (κ3) is 4.51. The number of ether oxygens (including phenoxy) is 2. The third-order valence-electron chi connectivity index (χ3n) is 5.74. The summed E-state index contributed by atoms with van der Waals surface area (Å²) < 4.78 is 10.9. The van der Waals surface area contributed by atoms with Crippen LogP contribution in [0.15, 0.2) is 54.4 Å². The first-order valence-corrected chi connectivity index (χ1v) is 10.8. The highest BCUT2D eigenvalue weighted by Gasteiger charge is 2.46. The maximum atomic E-state index is 13.1. The number of ketones is 1. The minimum Gasteiger partial charge on any atom is -0.507 e. The molecule has 0 spiro atoms. The molecule has 1 atom stereocenters. The number of amides is 1. The number of rotatable bonds is 7. The fraction of sp³-hybridized carbons (Fsp3) is 0.375. The van der Waals surface area contributed by atoms with Crippen molar-refractivity contribution in [1.29, 1.82) is 0 Å². The second-order valence-corrected chi connectivity index (χ2v) is 7.69. The van der Waals surface area contributed by atoms with Crippen LogP contribution in [0.1, 0.15) is 24.1 Å². The lowest BCUT2D eigenvalue weighted by Crippen LogP contribution is -2.42. The lowest BCUT2D eigenvalue weighted by atomic mass is 9.96. The zero-order chi connectivity index (χ0) is 22.5. The first kappa shape index (κ1) is 22.0. The largest absolute Gasteiger partial charge is 0.507 e. The van der Waals surface area contributed by atoms with E-state index in [9.17, 15) is 14.7 Å². The van der Waals surface area contributed by atoms with E-state index in [1.807, 2.05) is 6.92 Å². The van der Waals surface area contributed by atoms with Crippen molar-refractivity contribution in [2.75, 3.05) is 46.0 Å². The molecular formula is C24H27N3O5. The molecule has 0 bridgehead atoms. The summed E-state index contributed by atoms with van der Waals surface area (Å²) in [5.41, 5.74) is 1.24. The number of morpholine rings is 1. The first-order chi connectivity index (χ1) is 15.6. The zero-order valence-corrected chi connectivity index (χ0v) is 18.1. The van der Waals surface area contributed by atoms with Crippen LogP contribution in [-0.4, -0.2) is 77.6 Å². The lowest BCUT2D eigenvalue weighted by Gasteiger charge is -2.31. The van der Waals surface area contributed by atoms with Crippen LogP contribution < -0.4 is 4.74 Å². The summed E-state index contributed by atoms with van der Waals surface area (Å²) in [5, 5.41) is 11.1. The number of aromatic nitrogens is 1. The van der Waals surface area contributed by atoms with E-state index in [2.05, 4.69) is 9.88 Å². The normalized spacial score (nSPS) is 21.2. The van der Waals surface area contributed by atoms with Crippen LogP contribution in [0, 0.1) is 0 Å². The highest BCUT2D eigenvalue weighted by molar-refractivity contribution is 6.46. The molecule has 0 unspecified atom stereocenters. The summed E-state index contributed by atoms with van der Waals surface area (Å²) in [4.78, 5) is 33.9. The van der Waals surface area contributed by atoms with E-state index >= 15 is 0 Å². The molecule has 1 aromatic heterocycles. The number of carbonyl (C=O) groups excluding carboxylic acids is 2. The van der Waals surface area contributed by atoms with E-state index in [0.717, 1.165) is 18.7 Å². The molecule has 4 rings (SSSR count). The molecule has 1 aromatic carbocycles. The Kier molecular flexibility index (Phi) is 6.82. The van der Waals surface area contributed by atoms with Crippen LogP contribution in [0.2, 0.25) is 0 Å². The number of benzene rings is 1. The third-order valence-corrected chi connectivity index (χ3v) is 5.74. The van der Waals surface area contributed by atoms with Crippen molar-refractivity contribution in [1.82, 2.24) is 14.8 Å². The number of nitrogens with zero attached hydrogens (tertiary/aromatic N) is 3. The number of Topliss-reactive ketones (excluding diaryl/α,β-unsaturated/α-hetero) is 1. The molecule has 2 aliphatic rings. The average molecular weight is 437 g/mol. The van der Waals surface area contributed by atoms with Gasteiger partial charge in [0.1, 0.15) is 11.5 Å². The van der Waals surface area contributed by atoms with E-state index in [1.165, 1.54) is 0 Å². The number of carbonyl (C=O) groups is 2. The molecule has 32 heavy (non-hydrogen) atoms. The number of hydrogen-bond donors (Lipinski definition) is 1. The van der Waals surface area contributed by atoms with Crippen molar-refractivity contribution < 1.29 is 24.2 Å². The maximum absolute atomic E-state index is 13.1. The standard InChI is InChI=1S/C24H27N3O5/c1-2-32-19-5-3-4-18(16-19)22(28)20-21(17-6-8-25-9-7-17)27(24(30)23(20)29)11-10-26-12-14-31-15-13-26/h3-9,16,21,28H,2,10-15H2,1H3/t21-/m0/s1. The van der Waals surface area contributed by atoms with Gasteiger partial charge in [-0.15, -0.1) is 0 Å². The minimum atomic E-state index is -0.687. The molecule has 2 aromatic rings. The minimum absolute atomic E-state index is 0.0804. The molecule has 2 aliphatic heterocycles. The van der Waals surface area contributed by atoms with Gasteiger partial charge in [-0.3, -0.25) is 19.5 Å².